The number of anilines is 1. The molecule has 0 amide bonds. The average molecular weight is 370 g/mol. The third-order valence-electron chi connectivity index (χ3n) is 4.25. The van der Waals surface area contributed by atoms with Crippen molar-refractivity contribution < 1.29 is 13.2 Å². The molecule has 1 fully saturated rings. The van der Waals surface area contributed by atoms with Crippen LogP contribution in [0, 0.1) is 12.3 Å². The smallest absolute Gasteiger partial charge is 0.367 e. The Labute approximate surface area is 151 Å². The van der Waals surface area contributed by atoms with Gasteiger partial charge in [0.2, 0.25) is 0 Å². The Morgan fingerprint density at radius 3 is 2.56 bits per heavy atom. The second-order valence-corrected chi connectivity index (χ2v) is 6.22. The maximum atomic E-state index is 13.2. The lowest BCUT2D eigenvalue weighted by atomic mass is 10.1. The fraction of sp³-hybridized carbons (Fsp3) is 0.211. The van der Waals surface area contributed by atoms with E-state index in [9.17, 15) is 18.0 Å². The molecule has 1 aromatic carbocycles. The minimum atomic E-state index is -4.64. The normalized spacial score (nSPS) is 14.1. The highest BCUT2D eigenvalue weighted by Crippen LogP contribution is 2.32. The van der Waals surface area contributed by atoms with Gasteiger partial charge >= 0.3 is 11.9 Å². The fourth-order valence-corrected chi connectivity index (χ4v) is 2.80. The maximum Gasteiger partial charge on any atom is 0.433 e. The van der Waals surface area contributed by atoms with Gasteiger partial charge in [0.05, 0.1) is 11.1 Å². The number of hydrogen-bond acceptors (Lipinski definition) is 4. The Morgan fingerprint density at radius 1 is 1.15 bits per heavy atom. The number of aromatic nitrogens is 3. The van der Waals surface area contributed by atoms with E-state index in [-0.39, 0.29) is 23.2 Å². The van der Waals surface area contributed by atoms with E-state index in [2.05, 4.69) is 21.2 Å². The number of halogens is 3. The van der Waals surface area contributed by atoms with Gasteiger partial charge in [0, 0.05) is 11.6 Å². The second kappa shape index (κ2) is 6.13. The lowest BCUT2D eigenvalue weighted by Gasteiger charge is -2.15. The predicted octanol–water partition coefficient (Wildman–Crippen LogP) is 3.36. The summed E-state index contributed by atoms with van der Waals surface area (Å²) in [4.78, 5) is 20.5. The van der Waals surface area contributed by atoms with Gasteiger partial charge in [-0.15, -0.1) is 6.42 Å². The first-order chi connectivity index (χ1) is 12.9. The van der Waals surface area contributed by atoms with Gasteiger partial charge in [0.25, 0.3) is 0 Å². The van der Waals surface area contributed by atoms with E-state index in [1.165, 1.54) is 6.07 Å². The molecule has 1 aliphatic carbocycles. The van der Waals surface area contributed by atoms with Gasteiger partial charge in [-0.25, -0.2) is 14.3 Å². The van der Waals surface area contributed by atoms with Crippen molar-refractivity contribution in [2.75, 3.05) is 5.32 Å². The summed E-state index contributed by atoms with van der Waals surface area (Å²) in [5.41, 5.74) is -1.38. The number of pyridine rings is 1. The van der Waals surface area contributed by atoms with Crippen molar-refractivity contribution in [1.29, 1.82) is 0 Å². The number of para-hydroxylation sites is 1. The van der Waals surface area contributed by atoms with E-state index in [0.29, 0.717) is 10.9 Å². The van der Waals surface area contributed by atoms with Crippen LogP contribution in [0.4, 0.5) is 19.0 Å². The van der Waals surface area contributed by atoms with Crippen LogP contribution >= 0.6 is 0 Å². The lowest BCUT2D eigenvalue weighted by molar-refractivity contribution is -0.141. The third kappa shape index (κ3) is 3.12. The van der Waals surface area contributed by atoms with Crippen LogP contribution in [0.5, 0.6) is 0 Å². The van der Waals surface area contributed by atoms with Crippen molar-refractivity contribution >= 4 is 16.9 Å². The second-order valence-electron chi connectivity index (χ2n) is 6.22. The molecule has 0 radical (unpaired) electrons. The first-order valence-electron chi connectivity index (χ1n) is 8.22. The number of terminal acetylenes is 1. The summed E-state index contributed by atoms with van der Waals surface area (Å²) in [7, 11) is 0. The first-order valence-corrected chi connectivity index (χ1v) is 8.22. The van der Waals surface area contributed by atoms with Gasteiger partial charge in [-0.1, -0.05) is 18.1 Å². The SMILES string of the molecule is C#Cc1ccccc1-n1c(=O)nc(NC2CC2)c2ccc(C(F)(F)F)nc21. The summed E-state index contributed by atoms with van der Waals surface area (Å²) < 4.78 is 40.6. The molecule has 4 rings (SSSR count). The molecule has 1 saturated carbocycles. The Morgan fingerprint density at radius 2 is 1.89 bits per heavy atom. The molecule has 1 N–H and O–H groups in total. The number of alkyl halides is 3. The van der Waals surface area contributed by atoms with E-state index in [1.54, 1.807) is 24.3 Å². The van der Waals surface area contributed by atoms with Crippen molar-refractivity contribution in [2.24, 2.45) is 0 Å². The minimum absolute atomic E-state index is 0.143. The molecule has 27 heavy (non-hydrogen) atoms. The van der Waals surface area contributed by atoms with Gasteiger partial charge < -0.3 is 5.32 Å². The van der Waals surface area contributed by atoms with Crippen LogP contribution in [0.2, 0.25) is 0 Å². The van der Waals surface area contributed by atoms with E-state index in [1.807, 2.05) is 0 Å². The molecule has 0 atom stereocenters. The van der Waals surface area contributed by atoms with Crippen LogP contribution in [-0.2, 0) is 6.18 Å². The number of fused-ring (bicyclic) bond motifs is 1. The fourth-order valence-electron chi connectivity index (χ4n) is 2.80. The molecule has 2 heterocycles. The molecule has 136 valence electrons. The summed E-state index contributed by atoms with van der Waals surface area (Å²) in [6, 6.07) is 8.78. The van der Waals surface area contributed by atoms with Gasteiger partial charge in [-0.2, -0.15) is 18.2 Å². The molecule has 0 spiro atoms. The molecule has 0 bridgehead atoms. The molecule has 0 aliphatic heterocycles. The Bertz CT molecular complexity index is 1140. The first kappa shape index (κ1) is 17.1. The van der Waals surface area contributed by atoms with Gasteiger partial charge in [0.15, 0.2) is 5.65 Å². The van der Waals surface area contributed by atoms with Crippen LogP contribution < -0.4 is 11.0 Å². The van der Waals surface area contributed by atoms with E-state index in [4.69, 9.17) is 6.42 Å². The molecular formula is C19H13F3N4O. The number of benzene rings is 1. The number of rotatable bonds is 3. The standard InChI is InChI=1S/C19H13F3N4O/c1-2-11-5-3-4-6-14(11)26-17-13(9-10-15(24-17)19(20,21)22)16(25-18(26)27)23-12-7-8-12/h1,3-6,9-10,12H,7-8H2,(H,23,25,27). The third-order valence-corrected chi connectivity index (χ3v) is 4.25. The van der Waals surface area contributed by atoms with Crippen molar-refractivity contribution in [2.45, 2.75) is 25.1 Å². The van der Waals surface area contributed by atoms with Gasteiger partial charge in [-0.05, 0) is 37.1 Å². The molecular weight excluding hydrogens is 357 g/mol. The summed E-state index contributed by atoms with van der Waals surface area (Å²) >= 11 is 0. The van der Waals surface area contributed by atoms with E-state index < -0.39 is 17.6 Å². The predicted molar refractivity (Wildman–Crippen MR) is 94.7 cm³/mol. The highest BCUT2D eigenvalue weighted by Gasteiger charge is 2.33. The summed E-state index contributed by atoms with van der Waals surface area (Å²) in [5.74, 6) is 2.66. The van der Waals surface area contributed by atoms with Crippen LogP contribution in [0.25, 0.3) is 16.7 Å². The van der Waals surface area contributed by atoms with Crippen LogP contribution in [0.1, 0.15) is 24.1 Å². The quantitative estimate of drug-likeness (QED) is 0.719. The van der Waals surface area contributed by atoms with Crippen molar-refractivity contribution in [1.82, 2.24) is 14.5 Å². The molecule has 0 unspecified atom stereocenters. The van der Waals surface area contributed by atoms with Crippen molar-refractivity contribution in [3.63, 3.8) is 0 Å². The zero-order chi connectivity index (χ0) is 19.2. The number of hydrogen-bond donors (Lipinski definition) is 1. The number of nitrogens with one attached hydrogen (secondary N) is 1. The lowest BCUT2D eigenvalue weighted by Crippen LogP contribution is -2.26. The Kier molecular flexibility index (Phi) is 3.88. The van der Waals surface area contributed by atoms with Gasteiger partial charge in [-0.3, -0.25) is 0 Å². The van der Waals surface area contributed by atoms with Gasteiger partial charge in [0.1, 0.15) is 11.5 Å². The molecule has 0 saturated heterocycles. The number of nitrogens with zero attached hydrogens (tertiary/aromatic N) is 3. The largest absolute Gasteiger partial charge is 0.433 e. The van der Waals surface area contributed by atoms with Crippen molar-refractivity contribution in [3.05, 3.63) is 58.1 Å². The van der Waals surface area contributed by atoms with Crippen LogP contribution in [0.15, 0.2) is 41.2 Å². The highest BCUT2D eigenvalue weighted by atomic mass is 19.4. The van der Waals surface area contributed by atoms with Crippen LogP contribution in [0.3, 0.4) is 0 Å². The molecule has 5 nitrogen and oxygen atoms in total. The molecule has 3 aromatic rings. The van der Waals surface area contributed by atoms with E-state index in [0.717, 1.165) is 23.5 Å². The minimum Gasteiger partial charge on any atom is -0.367 e. The van der Waals surface area contributed by atoms with E-state index >= 15 is 0 Å². The summed E-state index contributed by atoms with van der Waals surface area (Å²) in [6.07, 6.45) is 2.68. The summed E-state index contributed by atoms with van der Waals surface area (Å²) in [5, 5.41) is 3.40. The summed E-state index contributed by atoms with van der Waals surface area (Å²) in [6.45, 7) is 0. The van der Waals surface area contributed by atoms with Crippen molar-refractivity contribution in [3.8, 4) is 18.0 Å². The Balaban J connectivity index is 2.06. The zero-order valence-electron chi connectivity index (χ0n) is 13.9. The maximum absolute atomic E-state index is 13.2. The highest BCUT2D eigenvalue weighted by molar-refractivity contribution is 5.88. The molecule has 2 aromatic heterocycles. The average Bonchev–Trinajstić information content (AvgIpc) is 3.45. The monoisotopic (exact) mass is 370 g/mol. The zero-order valence-corrected chi connectivity index (χ0v) is 13.9. The van der Waals surface area contributed by atoms with Crippen LogP contribution in [-0.4, -0.2) is 20.6 Å². The topological polar surface area (TPSA) is 59.8 Å². The molecule has 1 aliphatic rings. The Hall–Kier alpha value is -3.34. The molecule has 8 heteroatoms.